The van der Waals surface area contributed by atoms with Gasteiger partial charge in [0, 0.05) is 11.9 Å². The molecule has 0 radical (unpaired) electrons. The van der Waals surface area contributed by atoms with Crippen LogP contribution in [-0.2, 0) is 0 Å². The molecule has 1 N–H and O–H groups in total. The van der Waals surface area contributed by atoms with E-state index in [1.807, 2.05) is 30.3 Å². The van der Waals surface area contributed by atoms with Gasteiger partial charge in [0.05, 0.1) is 11.1 Å². The number of benzene rings is 1. The molecule has 1 heterocycles. The predicted octanol–water partition coefficient (Wildman–Crippen LogP) is 3.95. The molecule has 0 aliphatic heterocycles. The Bertz CT molecular complexity index is 678. The van der Waals surface area contributed by atoms with E-state index >= 15 is 0 Å². The van der Waals surface area contributed by atoms with Crippen molar-refractivity contribution in [2.75, 3.05) is 11.9 Å². The SMILES string of the molecule is CC(C)C1(CNc2nc3ccccc3cc2C#N)CC1. The molecule has 20 heavy (non-hydrogen) atoms. The quantitative estimate of drug-likeness (QED) is 0.910. The summed E-state index contributed by atoms with van der Waals surface area (Å²) in [5.74, 6) is 1.39. The number of anilines is 1. The van der Waals surface area contributed by atoms with Crippen LogP contribution in [0.5, 0.6) is 0 Å². The normalized spacial score (nSPS) is 16.1. The number of para-hydroxylation sites is 1. The van der Waals surface area contributed by atoms with Gasteiger partial charge in [-0.25, -0.2) is 4.98 Å². The molecule has 1 saturated carbocycles. The highest BCUT2D eigenvalue weighted by molar-refractivity contribution is 5.82. The molecule has 1 aromatic heterocycles. The molecule has 3 rings (SSSR count). The Morgan fingerprint density at radius 3 is 2.75 bits per heavy atom. The molecule has 2 aromatic rings. The minimum absolute atomic E-state index is 0.403. The van der Waals surface area contributed by atoms with Gasteiger partial charge in [-0.2, -0.15) is 5.26 Å². The van der Waals surface area contributed by atoms with Gasteiger partial charge >= 0.3 is 0 Å². The highest BCUT2D eigenvalue weighted by Gasteiger charge is 2.45. The first-order valence-corrected chi connectivity index (χ1v) is 7.18. The predicted molar refractivity (Wildman–Crippen MR) is 81.5 cm³/mol. The highest BCUT2D eigenvalue weighted by Crippen LogP contribution is 2.51. The van der Waals surface area contributed by atoms with Gasteiger partial charge in [-0.1, -0.05) is 32.0 Å². The molecule has 0 amide bonds. The molecule has 0 unspecified atom stereocenters. The lowest BCUT2D eigenvalue weighted by Gasteiger charge is -2.20. The minimum atomic E-state index is 0.403. The van der Waals surface area contributed by atoms with E-state index in [1.165, 1.54) is 12.8 Å². The van der Waals surface area contributed by atoms with Crippen LogP contribution >= 0.6 is 0 Å². The number of aromatic nitrogens is 1. The van der Waals surface area contributed by atoms with E-state index in [2.05, 4.69) is 30.2 Å². The van der Waals surface area contributed by atoms with Crippen molar-refractivity contribution in [3.8, 4) is 6.07 Å². The molecular weight excluding hydrogens is 246 g/mol. The van der Waals surface area contributed by atoms with Crippen molar-refractivity contribution < 1.29 is 0 Å². The number of hydrogen-bond donors (Lipinski definition) is 1. The lowest BCUT2D eigenvalue weighted by atomic mass is 9.92. The van der Waals surface area contributed by atoms with Crippen molar-refractivity contribution in [3.63, 3.8) is 0 Å². The van der Waals surface area contributed by atoms with Crippen LogP contribution in [0.15, 0.2) is 30.3 Å². The van der Waals surface area contributed by atoms with Crippen LogP contribution in [0.25, 0.3) is 10.9 Å². The molecule has 0 atom stereocenters. The molecule has 3 heteroatoms. The zero-order chi connectivity index (χ0) is 14.2. The zero-order valence-electron chi connectivity index (χ0n) is 12.0. The van der Waals surface area contributed by atoms with E-state index < -0.39 is 0 Å². The molecule has 3 nitrogen and oxygen atoms in total. The summed E-state index contributed by atoms with van der Waals surface area (Å²) < 4.78 is 0. The second kappa shape index (κ2) is 4.79. The van der Waals surface area contributed by atoms with Gasteiger partial charge < -0.3 is 5.32 Å². The largest absolute Gasteiger partial charge is 0.368 e. The number of pyridine rings is 1. The smallest absolute Gasteiger partial charge is 0.144 e. The lowest BCUT2D eigenvalue weighted by Crippen LogP contribution is -2.21. The van der Waals surface area contributed by atoms with E-state index in [-0.39, 0.29) is 0 Å². The Labute approximate surface area is 119 Å². The number of fused-ring (bicyclic) bond motifs is 1. The third-order valence-corrected chi connectivity index (χ3v) is 4.57. The Balaban J connectivity index is 1.89. The van der Waals surface area contributed by atoms with Crippen molar-refractivity contribution >= 4 is 16.7 Å². The average molecular weight is 265 g/mol. The topological polar surface area (TPSA) is 48.7 Å². The summed E-state index contributed by atoms with van der Waals surface area (Å²) in [7, 11) is 0. The van der Waals surface area contributed by atoms with E-state index in [0.29, 0.717) is 16.9 Å². The maximum absolute atomic E-state index is 9.30. The van der Waals surface area contributed by atoms with Crippen molar-refractivity contribution in [1.29, 1.82) is 5.26 Å². The number of nitrogens with zero attached hydrogens (tertiary/aromatic N) is 2. The zero-order valence-corrected chi connectivity index (χ0v) is 12.0. The first kappa shape index (κ1) is 12.9. The molecule has 0 bridgehead atoms. The fourth-order valence-corrected chi connectivity index (χ4v) is 2.71. The third-order valence-electron chi connectivity index (χ3n) is 4.57. The maximum atomic E-state index is 9.30. The van der Waals surface area contributed by atoms with Gasteiger partial charge in [0.25, 0.3) is 0 Å². The van der Waals surface area contributed by atoms with Crippen molar-refractivity contribution in [3.05, 3.63) is 35.9 Å². The molecule has 1 aromatic carbocycles. The van der Waals surface area contributed by atoms with Crippen LogP contribution < -0.4 is 5.32 Å². The van der Waals surface area contributed by atoms with E-state index in [1.54, 1.807) is 0 Å². The van der Waals surface area contributed by atoms with Crippen LogP contribution in [0.4, 0.5) is 5.82 Å². The number of rotatable bonds is 4. The summed E-state index contributed by atoms with van der Waals surface area (Å²) in [5.41, 5.74) is 1.96. The minimum Gasteiger partial charge on any atom is -0.368 e. The van der Waals surface area contributed by atoms with Crippen LogP contribution in [-0.4, -0.2) is 11.5 Å². The van der Waals surface area contributed by atoms with Crippen LogP contribution in [0.1, 0.15) is 32.3 Å². The van der Waals surface area contributed by atoms with E-state index in [9.17, 15) is 5.26 Å². The third kappa shape index (κ3) is 2.22. The van der Waals surface area contributed by atoms with Crippen LogP contribution in [0.3, 0.4) is 0 Å². The summed E-state index contributed by atoms with van der Waals surface area (Å²) >= 11 is 0. The molecule has 1 aliphatic carbocycles. The Morgan fingerprint density at radius 2 is 2.10 bits per heavy atom. The monoisotopic (exact) mass is 265 g/mol. The van der Waals surface area contributed by atoms with Crippen molar-refractivity contribution in [2.24, 2.45) is 11.3 Å². The van der Waals surface area contributed by atoms with Crippen molar-refractivity contribution in [2.45, 2.75) is 26.7 Å². The van der Waals surface area contributed by atoms with Crippen molar-refractivity contribution in [1.82, 2.24) is 4.98 Å². The number of nitriles is 1. The van der Waals surface area contributed by atoms with Crippen LogP contribution in [0.2, 0.25) is 0 Å². The summed E-state index contributed by atoms with van der Waals surface area (Å²) in [5, 5.41) is 13.7. The molecule has 102 valence electrons. The summed E-state index contributed by atoms with van der Waals surface area (Å²) in [4.78, 5) is 4.60. The Morgan fingerprint density at radius 1 is 1.35 bits per heavy atom. The van der Waals surface area contributed by atoms with E-state index in [4.69, 9.17) is 0 Å². The first-order valence-electron chi connectivity index (χ1n) is 7.18. The maximum Gasteiger partial charge on any atom is 0.144 e. The second-order valence-electron chi connectivity index (χ2n) is 6.06. The average Bonchev–Trinajstić information content (AvgIpc) is 3.25. The standard InChI is InChI=1S/C17H19N3/c1-12(2)17(7-8-17)11-19-16-14(10-18)9-13-5-3-4-6-15(13)20-16/h3-6,9,12H,7-8,11H2,1-2H3,(H,19,20). The Hall–Kier alpha value is -2.08. The fourth-order valence-electron chi connectivity index (χ4n) is 2.71. The second-order valence-corrected chi connectivity index (χ2v) is 6.06. The molecule has 0 saturated heterocycles. The number of nitrogens with one attached hydrogen (secondary N) is 1. The lowest BCUT2D eigenvalue weighted by molar-refractivity contribution is 0.380. The van der Waals surface area contributed by atoms with E-state index in [0.717, 1.165) is 23.3 Å². The van der Waals surface area contributed by atoms with Gasteiger partial charge in [0.15, 0.2) is 0 Å². The van der Waals surface area contributed by atoms with Crippen LogP contribution in [0, 0.1) is 22.7 Å². The fraction of sp³-hybridized carbons (Fsp3) is 0.412. The summed E-state index contributed by atoms with van der Waals surface area (Å²) in [6.07, 6.45) is 2.54. The van der Waals surface area contributed by atoms with Gasteiger partial charge in [-0.3, -0.25) is 0 Å². The molecule has 1 fully saturated rings. The van der Waals surface area contributed by atoms with Gasteiger partial charge in [-0.15, -0.1) is 0 Å². The van der Waals surface area contributed by atoms with Gasteiger partial charge in [0.1, 0.15) is 11.9 Å². The molecular formula is C17H19N3. The summed E-state index contributed by atoms with van der Waals surface area (Å²) in [6, 6.07) is 12.1. The van der Waals surface area contributed by atoms with Gasteiger partial charge in [0.2, 0.25) is 0 Å². The Kier molecular flexibility index (Phi) is 3.10. The molecule has 0 spiro atoms. The van der Waals surface area contributed by atoms with Gasteiger partial charge in [-0.05, 0) is 36.3 Å². The number of hydrogen-bond acceptors (Lipinski definition) is 3. The first-order chi connectivity index (χ1) is 9.64. The summed E-state index contributed by atoms with van der Waals surface area (Å²) in [6.45, 7) is 5.45. The highest BCUT2D eigenvalue weighted by atomic mass is 15.0. The molecule has 1 aliphatic rings.